The van der Waals surface area contributed by atoms with E-state index in [9.17, 15) is 14.7 Å². The van der Waals surface area contributed by atoms with Gasteiger partial charge < -0.3 is 42.2 Å². The molecule has 0 aromatic carbocycles. The highest BCUT2D eigenvalue weighted by atomic mass is 28.4. The van der Waals surface area contributed by atoms with Gasteiger partial charge in [0.2, 0.25) is 0 Å². The van der Waals surface area contributed by atoms with Crippen LogP contribution in [-0.4, -0.2) is 146 Å². The molecule has 3 rings (SSSR count). The molecule has 10 atom stereocenters. The van der Waals surface area contributed by atoms with Crippen molar-refractivity contribution in [2.24, 2.45) is 17.8 Å². The normalized spacial score (nSPS) is 26.3. The number of piperazine rings is 1. The molecule has 15 heteroatoms. The van der Waals surface area contributed by atoms with Crippen molar-refractivity contribution in [3.05, 3.63) is 36.0 Å². The van der Waals surface area contributed by atoms with Crippen molar-refractivity contribution in [3.8, 4) is 0 Å². The van der Waals surface area contributed by atoms with Crippen LogP contribution in [-0.2, 0) is 37.0 Å². The first kappa shape index (κ1) is 70.6. The summed E-state index contributed by atoms with van der Waals surface area (Å²) in [7, 11) is -6.21. The molecule has 1 amide bonds. The van der Waals surface area contributed by atoms with Gasteiger partial charge in [0.05, 0.1) is 37.4 Å². The van der Waals surface area contributed by atoms with E-state index in [0.29, 0.717) is 58.2 Å². The average Bonchev–Trinajstić information content (AvgIpc) is 3.76. The van der Waals surface area contributed by atoms with Gasteiger partial charge in [0.15, 0.2) is 31.1 Å². The quantitative estimate of drug-likeness (QED) is 0.0178. The van der Waals surface area contributed by atoms with E-state index in [0.717, 1.165) is 79.5 Å². The van der Waals surface area contributed by atoms with Crippen molar-refractivity contribution >= 4 is 37.0 Å². The predicted molar refractivity (Wildman–Crippen MR) is 331 cm³/mol. The smallest absolute Gasteiger partial charge is 0.410 e. The minimum absolute atomic E-state index is 0.0150. The van der Waals surface area contributed by atoms with Crippen LogP contribution >= 0.6 is 0 Å². The van der Waals surface area contributed by atoms with Gasteiger partial charge in [-0.1, -0.05) is 140 Å². The third-order valence-corrected chi connectivity index (χ3v) is 33.8. The number of aliphatic hydroxyl groups is 1. The molecule has 10 unspecified atom stereocenters. The molecule has 1 saturated heterocycles. The second kappa shape index (κ2) is 34.8. The molecule has 12 nitrogen and oxygen atoms in total. The van der Waals surface area contributed by atoms with E-state index >= 15 is 0 Å². The second-order valence-electron chi connectivity index (χ2n) is 24.4. The van der Waals surface area contributed by atoms with Gasteiger partial charge in [0, 0.05) is 57.3 Å². The fourth-order valence-corrected chi connectivity index (χ4v) is 21.9. The Bertz CT molecular complexity index is 1770. The molecule has 1 saturated carbocycles. The molecule has 0 spiro atoms. The first-order chi connectivity index (χ1) is 37.1. The Labute approximate surface area is 481 Å². The standard InChI is InChI=1S/C63H120N2O10Si3/c1-18-57(74-77(23-6,24-7)25-8)53(15)52(14)56(66)49-62(16,75-78(26-9,27-10)28-11)40-33-34-50(12)60-51(13)37-38-58(71-61(68)65-44-42-64(43-45-65)54-35-31-29-30-32-36-54)63(17,70-47-46-69-19-2)41-39-55(48-59(67)72-60)73-76(20-3,21-4)22-5/h33-34,37-38,40,51-58,60,66H,18-32,35-36,39,41-49H2,1-17H3/b38-37+,40-33+,50-34+. The second-order valence-corrected chi connectivity index (χ2v) is 38.6. The van der Waals surface area contributed by atoms with Gasteiger partial charge in [-0.05, 0) is 138 Å². The first-order valence-corrected chi connectivity index (χ1v) is 39.6. The van der Waals surface area contributed by atoms with Gasteiger partial charge >= 0.3 is 12.1 Å². The molecular weight excluding hydrogens is 1030 g/mol. The largest absolute Gasteiger partial charge is 0.457 e. The molecule has 2 fully saturated rings. The zero-order chi connectivity index (χ0) is 58.2. The summed E-state index contributed by atoms with van der Waals surface area (Å²) in [5, 5.41) is 12.3. The van der Waals surface area contributed by atoms with Crippen molar-refractivity contribution in [3.63, 3.8) is 0 Å². The highest BCUT2D eigenvalue weighted by Gasteiger charge is 2.44. The summed E-state index contributed by atoms with van der Waals surface area (Å²) in [6.07, 6.45) is 17.8. The van der Waals surface area contributed by atoms with Crippen molar-refractivity contribution in [2.45, 2.75) is 290 Å². The molecular formula is C63H120N2O10Si3. The van der Waals surface area contributed by atoms with Crippen LogP contribution in [0.4, 0.5) is 4.79 Å². The molecule has 78 heavy (non-hydrogen) atoms. The van der Waals surface area contributed by atoms with Crippen LogP contribution in [0.25, 0.3) is 0 Å². The van der Waals surface area contributed by atoms with E-state index in [-0.39, 0.29) is 42.3 Å². The lowest BCUT2D eigenvalue weighted by molar-refractivity contribution is -0.152. The van der Waals surface area contributed by atoms with E-state index in [1.54, 1.807) is 0 Å². The van der Waals surface area contributed by atoms with Gasteiger partial charge in [-0.3, -0.25) is 9.69 Å². The SMILES string of the molecule is CCOCCOC1(C)CCC(O[Si](CC)(CC)CC)CC(=O)OC(/C(C)=C/C=C/C(C)(CC(O)C(C)C(C)C(CC)O[Si](CC)(CC)CC)O[Si](CC)(CC)CC)C(C)/C=C/C1OC(=O)N1CCN(C2CCCCCC2)CC1. The fourth-order valence-electron chi connectivity index (χ4n) is 12.9. The van der Waals surface area contributed by atoms with Crippen molar-refractivity contribution in [1.29, 1.82) is 0 Å². The third-order valence-electron chi connectivity index (χ3n) is 19.7. The summed E-state index contributed by atoms with van der Waals surface area (Å²) in [6, 6.07) is 9.68. The number of amides is 1. The molecule has 0 aromatic heterocycles. The number of hydrogen-bond acceptors (Lipinski definition) is 11. The summed E-state index contributed by atoms with van der Waals surface area (Å²) in [4.78, 5) is 33.4. The molecule has 2 heterocycles. The summed E-state index contributed by atoms with van der Waals surface area (Å²) < 4.78 is 47.5. The molecule has 1 N–H and O–H groups in total. The summed E-state index contributed by atoms with van der Waals surface area (Å²) in [5.74, 6) is -0.454. The number of aliphatic hydroxyl groups excluding tert-OH is 1. The molecule has 2 aliphatic heterocycles. The van der Waals surface area contributed by atoms with Gasteiger partial charge in [0.25, 0.3) is 0 Å². The number of hydrogen-bond donors (Lipinski definition) is 1. The molecule has 3 aliphatic rings. The lowest BCUT2D eigenvalue weighted by Gasteiger charge is -2.42. The van der Waals surface area contributed by atoms with Crippen LogP contribution < -0.4 is 0 Å². The van der Waals surface area contributed by atoms with E-state index < -0.39 is 60.6 Å². The number of carbonyl (C=O) groups is 2. The van der Waals surface area contributed by atoms with Crippen LogP contribution in [0.1, 0.15) is 188 Å². The Morgan fingerprint density at radius 3 is 1.92 bits per heavy atom. The Kier molecular flexibility index (Phi) is 31.5. The summed E-state index contributed by atoms with van der Waals surface area (Å²) >= 11 is 0. The maximum absolute atomic E-state index is 14.5. The maximum Gasteiger partial charge on any atom is 0.410 e. The highest BCUT2D eigenvalue weighted by Crippen LogP contribution is 2.38. The lowest BCUT2D eigenvalue weighted by atomic mass is 9.81. The molecule has 0 bridgehead atoms. The van der Waals surface area contributed by atoms with Crippen LogP contribution in [0.3, 0.4) is 0 Å². The topological polar surface area (TPSA) is 125 Å². The van der Waals surface area contributed by atoms with E-state index in [4.69, 9.17) is 32.2 Å². The predicted octanol–water partition coefficient (Wildman–Crippen LogP) is 15.4. The zero-order valence-corrected chi connectivity index (χ0v) is 56.2. The molecule has 1 aliphatic carbocycles. The zero-order valence-electron chi connectivity index (χ0n) is 53.2. The van der Waals surface area contributed by atoms with E-state index in [1.807, 2.05) is 37.8 Å². The van der Waals surface area contributed by atoms with E-state index in [2.05, 4.69) is 120 Å². The monoisotopic (exact) mass is 1150 g/mol. The van der Waals surface area contributed by atoms with Crippen LogP contribution in [0.2, 0.25) is 54.4 Å². The maximum atomic E-state index is 14.5. The number of ether oxygens (including phenoxy) is 4. The number of esters is 1. The number of allylic oxidation sites excluding steroid dienone is 2. The van der Waals surface area contributed by atoms with Gasteiger partial charge in [-0.25, -0.2) is 4.79 Å². The number of rotatable bonds is 31. The minimum Gasteiger partial charge on any atom is -0.457 e. The van der Waals surface area contributed by atoms with Crippen LogP contribution in [0.5, 0.6) is 0 Å². The number of cyclic esters (lactones) is 1. The Hall–Kier alpha value is -1.67. The number of carbonyl (C=O) groups excluding carboxylic acids is 2. The van der Waals surface area contributed by atoms with Crippen molar-refractivity contribution in [2.75, 3.05) is 46.0 Å². The van der Waals surface area contributed by atoms with E-state index in [1.165, 1.54) is 38.5 Å². The minimum atomic E-state index is -2.19. The number of nitrogens with zero attached hydrogens (tertiary/aromatic N) is 2. The van der Waals surface area contributed by atoms with Crippen molar-refractivity contribution in [1.82, 2.24) is 9.80 Å². The fraction of sp³-hybridized carbons (Fsp3) is 0.873. The molecule has 0 radical (unpaired) electrons. The van der Waals surface area contributed by atoms with Gasteiger partial charge in [-0.2, -0.15) is 0 Å². The van der Waals surface area contributed by atoms with Crippen LogP contribution in [0, 0.1) is 17.8 Å². The molecule has 0 aromatic rings. The average molecular weight is 1150 g/mol. The third kappa shape index (κ3) is 20.9. The van der Waals surface area contributed by atoms with Crippen LogP contribution in [0.15, 0.2) is 36.0 Å². The Morgan fingerprint density at radius 2 is 1.38 bits per heavy atom. The van der Waals surface area contributed by atoms with Crippen molar-refractivity contribution < 1.29 is 46.9 Å². The molecule has 454 valence electrons. The van der Waals surface area contributed by atoms with Gasteiger partial charge in [-0.15, -0.1) is 0 Å². The lowest BCUT2D eigenvalue weighted by Crippen LogP contribution is -2.54. The summed E-state index contributed by atoms with van der Waals surface area (Å²) in [6.45, 7) is 41.4. The summed E-state index contributed by atoms with van der Waals surface area (Å²) in [5.41, 5.74) is -0.840. The highest BCUT2D eigenvalue weighted by molar-refractivity contribution is 6.74. The van der Waals surface area contributed by atoms with Gasteiger partial charge in [0.1, 0.15) is 11.7 Å². The Balaban J connectivity index is 2.10. The first-order valence-electron chi connectivity index (χ1n) is 32.0. The Morgan fingerprint density at radius 1 is 0.808 bits per heavy atom.